The molecule has 2 aliphatic heterocycles. The van der Waals surface area contributed by atoms with E-state index in [9.17, 15) is 18.0 Å². The van der Waals surface area contributed by atoms with E-state index >= 15 is 0 Å². The molecule has 2 fully saturated rings. The maximum Gasteiger partial charge on any atom is 0.253 e. The monoisotopic (exact) mass is 500 g/mol. The third-order valence-electron chi connectivity index (χ3n) is 6.93. The zero-order chi connectivity index (χ0) is 25.5. The highest BCUT2D eigenvalue weighted by Crippen LogP contribution is 2.39. The van der Waals surface area contributed by atoms with Crippen molar-refractivity contribution in [2.45, 2.75) is 55.8 Å². The summed E-state index contributed by atoms with van der Waals surface area (Å²) in [4.78, 5) is 33.4. The Hall–Kier alpha value is -3.14. The lowest BCUT2D eigenvalue weighted by Gasteiger charge is -2.34. The van der Waals surface area contributed by atoms with Crippen LogP contribution in [0.15, 0.2) is 41.4 Å². The first-order valence-corrected chi connectivity index (χ1v) is 13.2. The van der Waals surface area contributed by atoms with Gasteiger partial charge < -0.3 is 20.3 Å². The largest absolute Gasteiger partial charge is 0.497 e. The Morgan fingerprint density at radius 1 is 1.23 bits per heavy atom. The molecule has 2 unspecified atom stereocenters. The second-order valence-electron chi connectivity index (χ2n) is 10.0. The van der Waals surface area contributed by atoms with Gasteiger partial charge in [0.05, 0.1) is 12.0 Å². The quantitative estimate of drug-likeness (QED) is 0.619. The van der Waals surface area contributed by atoms with Crippen LogP contribution in [-0.2, 0) is 21.2 Å². The topological polar surface area (TPSA) is 123 Å². The SMILES string of the molecule is COc1ccc(CN2CCC(S(=O)(=O)c3ccnc(N4CC(C)CC4(C)C)c3C(N)=O)C2=O)cc1. The minimum absolute atomic E-state index is 0.138. The molecule has 1 aromatic carbocycles. The summed E-state index contributed by atoms with van der Waals surface area (Å²) in [6, 6.07) is 8.55. The maximum absolute atomic E-state index is 13.7. The number of ether oxygens (including phenoxy) is 1. The van der Waals surface area contributed by atoms with Gasteiger partial charge in [0.25, 0.3) is 5.91 Å². The number of carbonyl (C=O) groups is 2. The molecule has 188 valence electrons. The van der Waals surface area contributed by atoms with Gasteiger partial charge in [0.2, 0.25) is 5.91 Å². The van der Waals surface area contributed by atoms with E-state index in [1.165, 1.54) is 17.2 Å². The summed E-state index contributed by atoms with van der Waals surface area (Å²) in [7, 11) is -2.61. The van der Waals surface area contributed by atoms with Gasteiger partial charge in [-0.05, 0) is 56.4 Å². The first kappa shape index (κ1) is 25.0. The molecule has 2 aromatic rings. The van der Waals surface area contributed by atoms with E-state index in [-0.39, 0.29) is 28.2 Å². The second-order valence-corrected chi connectivity index (χ2v) is 12.1. The van der Waals surface area contributed by atoms with Crippen LogP contribution in [0.4, 0.5) is 5.82 Å². The molecule has 2 amide bonds. The van der Waals surface area contributed by atoms with Crippen molar-refractivity contribution < 1.29 is 22.7 Å². The molecule has 2 N–H and O–H groups in total. The van der Waals surface area contributed by atoms with E-state index in [2.05, 4.69) is 11.9 Å². The molecule has 2 aliphatic rings. The summed E-state index contributed by atoms with van der Waals surface area (Å²) in [6.07, 6.45) is 2.38. The van der Waals surface area contributed by atoms with Crippen molar-refractivity contribution in [3.8, 4) is 5.75 Å². The Bertz CT molecular complexity index is 1240. The van der Waals surface area contributed by atoms with Crippen LogP contribution in [0.2, 0.25) is 0 Å². The van der Waals surface area contributed by atoms with Crippen molar-refractivity contribution in [3.63, 3.8) is 0 Å². The lowest BCUT2D eigenvalue weighted by atomic mass is 9.97. The van der Waals surface area contributed by atoms with Crippen LogP contribution in [0.5, 0.6) is 5.75 Å². The van der Waals surface area contributed by atoms with Crippen LogP contribution >= 0.6 is 0 Å². The Morgan fingerprint density at radius 3 is 2.49 bits per heavy atom. The summed E-state index contributed by atoms with van der Waals surface area (Å²) < 4.78 is 32.6. The lowest BCUT2D eigenvalue weighted by molar-refractivity contribution is -0.127. The fraction of sp³-hybridized carbons (Fsp3) is 0.480. The molecule has 0 bridgehead atoms. The molecule has 3 heterocycles. The first-order valence-electron chi connectivity index (χ1n) is 11.7. The molecular weight excluding hydrogens is 468 g/mol. The Balaban J connectivity index is 1.65. The minimum Gasteiger partial charge on any atom is -0.497 e. The fourth-order valence-corrected chi connectivity index (χ4v) is 7.19. The standard InChI is InChI=1S/C25H32N4O5S/c1-16-13-25(2,3)29(14-16)23-21(22(26)30)19(9-11-27-23)35(32,33)20-10-12-28(24(20)31)15-17-5-7-18(34-4)8-6-17/h5-9,11,16,20H,10,12-15H2,1-4H3,(H2,26,30). The van der Waals surface area contributed by atoms with Crippen LogP contribution in [0, 0.1) is 5.92 Å². The number of rotatable bonds is 7. The predicted molar refractivity (Wildman–Crippen MR) is 132 cm³/mol. The smallest absolute Gasteiger partial charge is 0.253 e. The fourth-order valence-electron chi connectivity index (χ4n) is 5.33. The minimum atomic E-state index is -4.18. The van der Waals surface area contributed by atoms with Crippen molar-refractivity contribution in [1.29, 1.82) is 0 Å². The molecule has 1 aromatic heterocycles. The number of methoxy groups -OCH3 is 1. The van der Waals surface area contributed by atoms with E-state index in [1.807, 2.05) is 30.9 Å². The predicted octanol–water partition coefficient (Wildman–Crippen LogP) is 2.39. The van der Waals surface area contributed by atoms with Crippen molar-refractivity contribution >= 4 is 27.5 Å². The number of nitrogens with two attached hydrogens (primary N) is 1. The highest BCUT2D eigenvalue weighted by Gasteiger charge is 2.45. The number of hydrogen-bond acceptors (Lipinski definition) is 7. The molecule has 4 rings (SSSR count). The molecule has 10 heteroatoms. The van der Waals surface area contributed by atoms with E-state index in [4.69, 9.17) is 10.5 Å². The number of hydrogen-bond donors (Lipinski definition) is 1. The Labute approximate surface area is 206 Å². The van der Waals surface area contributed by atoms with E-state index in [0.29, 0.717) is 31.3 Å². The van der Waals surface area contributed by atoms with Crippen LogP contribution in [-0.4, -0.2) is 61.1 Å². The van der Waals surface area contributed by atoms with Crippen LogP contribution in [0.3, 0.4) is 0 Å². The van der Waals surface area contributed by atoms with Gasteiger partial charge in [-0.2, -0.15) is 0 Å². The number of pyridine rings is 1. The van der Waals surface area contributed by atoms with Crippen LogP contribution < -0.4 is 15.4 Å². The third-order valence-corrected chi connectivity index (χ3v) is 9.07. The van der Waals surface area contributed by atoms with Gasteiger partial charge in [0.15, 0.2) is 9.84 Å². The van der Waals surface area contributed by atoms with Gasteiger partial charge >= 0.3 is 0 Å². The third kappa shape index (κ3) is 4.59. The number of aromatic nitrogens is 1. The average Bonchev–Trinajstić information content (AvgIpc) is 3.31. The number of amides is 2. The molecular formula is C25H32N4O5S. The van der Waals surface area contributed by atoms with Gasteiger partial charge in [-0.15, -0.1) is 0 Å². The van der Waals surface area contributed by atoms with Crippen LogP contribution in [0.25, 0.3) is 0 Å². The van der Waals surface area contributed by atoms with Gasteiger partial charge in [-0.3, -0.25) is 9.59 Å². The summed E-state index contributed by atoms with van der Waals surface area (Å²) >= 11 is 0. The van der Waals surface area contributed by atoms with Crippen molar-refractivity contribution in [3.05, 3.63) is 47.7 Å². The second kappa shape index (κ2) is 9.14. The molecule has 0 saturated carbocycles. The molecule has 0 radical (unpaired) electrons. The Kier molecular flexibility index (Phi) is 6.52. The molecule has 35 heavy (non-hydrogen) atoms. The molecule has 0 spiro atoms. The molecule has 9 nitrogen and oxygen atoms in total. The number of nitrogens with zero attached hydrogens (tertiary/aromatic N) is 3. The number of anilines is 1. The lowest BCUT2D eigenvalue weighted by Crippen LogP contribution is -2.41. The van der Waals surface area contributed by atoms with E-state index in [1.54, 1.807) is 19.2 Å². The molecule has 2 saturated heterocycles. The summed E-state index contributed by atoms with van der Waals surface area (Å²) in [5, 5.41) is -1.28. The molecule has 2 atom stereocenters. The zero-order valence-electron chi connectivity index (χ0n) is 20.5. The van der Waals surface area contributed by atoms with E-state index < -0.39 is 26.9 Å². The highest BCUT2D eigenvalue weighted by atomic mass is 32.2. The van der Waals surface area contributed by atoms with Crippen molar-refractivity contribution in [2.24, 2.45) is 11.7 Å². The highest BCUT2D eigenvalue weighted by molar-refractivity contribution is 7.93. The number of primary amides is 1. The summed E-state index contributed by atoms with van der Waals surface area (Å²) in [6.45, 7) is 7.38. The number of sulfone groups is 1. The van der Waals surface area contributed by atoms with Gasteiger partial charge in [-0.1, -0.05) is 19.1 Å². The maximum atomic E-state index is 13.7. The summed E-state index contributed by atoms with van der Waals surface area (Å²) in [5.41, 5.74) is 6.12. The van der Waals surface area contributed by atoms with Gasteiger partial charge in [-0.25, -0.2) is 13.4 Å². The number of likely N-dealkylation sites (tertiary alicyclic amines) is 1. The number of carbonyl (C=O) groups excluding carboxylic acids is 2. The van der Waals surface area contributed by atoms with Crippen molar-refractivity contribution in [2.75, 3.05) is 25.1 Å². The number of benzene rings is 1. The van der Waals surface area contributed by atoms with Crippen molar-refractivity contribution in [1.82, 2.24) is 9.88 Å². The average molecular weight is 501 g/mol. The molecule has 0 aliphatic carbocycles. The normalized spacial score (nSPS) is 22.0. The van der Waals surface area contributed by atoms with Crippen LogP contribution in [0.1, 0.15) is 49.5 Å². The zero-order valence-corrected chi connectivity index (χ0v) is 21.3. The van der Waals surface area contributed by atoms with Gasteiger partial charge in [0, 0.05) is 31.4 Å². The first-order chi connectivity index (χ1) is 16.5. The van der Waals surface area contributed by atoms with Gasteiger partial charge in [0.1, 0.15) is 22.4 Å². The Morgan fingerprint density at radius 2 is 1.91 bits per heavy atom. The van der Waals surface area contributed by atoms with E-state index in [0.717, 1.165) is 12.0 Å². The summed E-state index contributed by atoms with van der Waals surface area (Å²) in [5.74, 6) is -0.0542.